The molecule has 0 bridgehead atoms. The number of aromatic amines is 1. The number of rotatable bonds is 3. The molecule has 0 unspecified atom stereocenters. The van der Waals surface area contributed by atoms with Gasteiger partial charge in [-0.2, -0.15) is 4.31 Å². The van der Waals surface area contributed by atoms with E-state index in [0.29, 0.717) is 25.3 Å². The SMILES string of the molecule is COc1cc(C)c(C)cc1S(=O)(=O)N1CCc2[nH]ccc2C1. The van der Waals surface area contributed by atoms with E-state index in [4.69, 9.17) is 4.74 Å². The third-order valence-corrected chi connectivity index (χ3v) is 6.15. The summed E-state index contributed by atoms with van der Waals surface area (Å²) in [7, 11) is -2.07. The van der Waals surface area contributed by atoms with Gasteiger partial charge in [-0.3, -0.25) is 0 Å². The summed E-state index contributed by atoms with van der Waals surface area (Å²) in [6.07, 6.45) is 2.56. The lowest BCUT2D eigenvalue weighted by Gasteiger charge is -2.27. The van der Waals surface area contributed by atoms with Gasteiger partial charge in [0.15, 0.2) is 0 Å². The van der Waals surface area contributed by atoms with Crippen molar-refractivity contribution < 1.29 is 13.2 Å². The Morgan fingerprint density at radius 3 is 2.68 bits per heavy atom. The summed E-state index contributed by atoms with van der Waals surface area (Å²) in [6.45, 7) is 4.73. The molecule has 1 N–H and O–H groups in total. The van der Waals surface area contributed by atoms with Crippen LogP contribution in [0.25, 0.3) is 0 Å². The van der Waals surface area contributed by atoms with Crippen LogP contribution in [0.4, 0.5) is 0 Å². The predicted molar refractivity (Wildman–Crippen MR) is 84.6 cm³/mol. The lowest BCUT2D eigenvalue weighted by Crippen LogP contribution is -2.36. The molecule has 1 aliphatic heterocycles. The van der Waals surface area contributed by atoms with Gasteiger partial charge < -0.3 is 9.72 Å². The van der Waals surface area contributed by atoms with Gasteiger partial charge in [0.1, 0.15) is 10.6 Å². The summed E-state index contributed by atoms with van der Waals surface area (Å²) >= 11 is 0. The minimum Gasteiger partial charge on any atom is -0.495 e. The largest absolute Gasteiger partial charge is 0.495 e. The third kappa shape index (κ3) is 2.42. The second-order valence-corrected chi connectivity index (χ2v) is 7.56. The molecule has 0 aliphatic carbocycles. The fraction of sp³-hybridized carbons (Fsp3) is 0.375. The Hall–Kier alpha value is -1.79. The summed E-state index contributed by atoms with van der Waals surface area (Å²) in [5.41, 5.74) is 4.12. The van der Waals surface area contributed by atoms with Crippen molar-refractivity contribution in [2.45, 2.75) is 31.7 Å². The van der Waals surface area contributed by atoms with Gasteiger partial charge in [0.05, 0.1) is 7.11 Å². The molecule has 1 aliphatic rings. The van der Waals surface area contributed by atoms with Crippen LogP contribution < -0.4 is 4.74 Å². The Balaban J connectivity index is 2.02. The Labute approximate surface area is 131 Å². The number of H-pyrrole nitrogens is 1. The minimum absolute atomic E-state index is 0.247. The van der Waals surface area contributed by atoms with Gasteiger partial charge in [0, 0.05) is 31.4 Å². The average molecular weight is 320 g/mol. The molecule has 2 aromatic rings. The smallest absolute Gasteiger partial charge is 0.247 e. The van der Waals surface area contributed by atoms with Gasteiger partial charge in [0.25, 0.3) is 0 Å². The van der Waals surface area contributed by atoms with Crippen LogP contribution in [0.1, 0.15) is 22.4 Å². The fourth-order valence-electron chi connectivity index (χ4n) is 2.79. The summed E-state index contributed by atoms with van der Waals surface area (Å²) in [5.74, 6) is 0.406. The van der Waals surface area contributed by atoms with Crippen LogP contribution in [-0.4, -0.2) is 31.4 Å². The highest BCUT2D eigenvalue weighted by atomic mass is 32.2. The van der Waals surface area contributed by atoms with Crippen LogP contribution in [-0.2, 0) is 23.0 Å². The molecule has 22 heavy (non-hydrogen) atoms. The molecule has 5 nitrogen and oxygen atoms in total. The Morgan fingerprint density at radius 1 is 1.23 bits per heavy atom. The lowest BCUT2D eigenvalue weighted by molar-refractivity contribution is 0.376. The van der Waals surface area contributed by atoms with Crippen molar-refractivity contribution in [3.05, 3.63) is 46.8 Å². The molecule has 1 aromatic heterocycles. The van der Waals surface area contributed by atoms with E-state index >= 15 is 0 Å². The van der Waals surface area contributed by atoms with Gasteiger partial charge in [-0.15, -0.1) is 0 Å². The molecule has 0 fully saturated rings. The highest BCUT2D eigenvalue weighted by Gasteiger charge is 2.31. The van der Waals surface area contributed by atoms with Crippen molar-refractivity contribution in [1.29, 1.82) is 0 Å². The zero-order valence-electron chi connectivity index (χ0n) is 13.0. The van der Waals surface area contributed by atoms with Crippen LogP contribution in [0.3, 0.4) is 0 Å². The molecular formula is C16H20N2O3S. The number of methoxy groups -OCH3 is 1. The summed E-state index contributed by atoms with van der Waals surface area (Å²) < 4.78 is 32.8. The van der Waals surface area contributed by atoms with Gasteiger partial charge in [-0.25, -0.2) is 8.42 Å². The Morgan fingerprint density at radius 2 is 1.95 bits per heavy atom. The third-order valence-electron chi connectivity index (χ3n) is 4.29. The maximum Gasteiger partial charge on any atom is 0.247 e. The molecule has 118 valence electrons. The van der Waals surface area contributed by atoms with E-state index in [-0.39, 0.29) is 4.90 Å². The molecule has 1 aromatic carbocycles. The standard InChI is InChI=1S/C16H20N2O3S/c1-11-8-15(21-3)16(9-12(11)2)22(19,20)18-7-5-14-13(10-18)4-6-17-14/h4,6,8-9,17H,5,7,10H2,1-3H3. The normalized spacial score (nSPS) is 15.6. The molecule has 2 heterocycles. The average Bonchev–Trinajstić information content (AvgIpc) is 2.96. The molecule has 0 atom stereocenters. The second kappa shape index (κ2) is 5.44. The fourth-order valence-corrected chi connectivity index (χ4v) is 4.43. The van der Waals surface area contributed by atoms with Crippen LogP contribution in [0, 0.1) is 13.8 Å². The lowest BCUT2D eigenvalue weighted by atomic mass is 10.1. The number of nitrogens with zero attached hydrogens (tertiary/aromatic N) is 1. The summed E-state index contributed by atoms with van der Waals surface area (Å²) in [4.78, 5) is 3.41. The monoisotopic (exact) mass is 320 g/mol. The van der Waals surface area contributed by atoms with E-state index in [9.17, 15) is 8.42 Å². The van der Waals surface area contributed by atoms with Crippen LogP contribution in [0.15, 0.2) is 29.3 Å². The zero-order chi connectivity index (χ0) is 15.9. The van der Waals surface area contributed by atoms with Crippen LogP contribution in [0.2, 0.25) is 0 Å². The topological polar surface area (TPSA) is 62.4 Å². The van der Waals surface area contributed by atoms with Crippen LogP contribution in [0.5, 0.6) is 5.75 Å². The molecule has 0 radical (unpaired) electrons. The number of hydrogen-bond acceptors (Lipinski definition) is 3. The predicted octanol–water partition coefficient (Wildman–Crippen LogP) is 2.39. The number of fused-ring (bicyclic) bond motifs is 1. The first kappa shape index (κ1) is 15.1. The van der Waals surface area contributed by atoms with E-state index in [1.54, 1.807) is 12.1 Å². The van der Waals surface area contributed by atoms with Gasteiger partial charge >= 0.3 is 0 Å². The Kier molecular flexibility index (Phi) is 3.74. The first-order chi connectivity index (χ1) is 10.4. The molecule has 6 heteroatoms. The number of nitrogens with one attached hydrogen (secondary N) is 1. The minimum atomic E-state index is -3.57. The molecule has 0 amide bonds. The summed E-state index contributed by atoms with van der Waals surface area (Å²) in [5, 5.41) is 0. The van der Waals surface area contributed by atoms with Gasteiger partial charge in [-0.05, 0) is 48.7 Å². The van der Waals surface area contributed by atoms with Crippen molar-refractivity contribution >= 4 is 10.0 Å². The zero-order valence-corrected chi connectivity index (χ0v) is 13.8. The van der Waals surface area contributed by atoms with E-state index in [1.165, 1.54) is 11.4 Å². The van der Waals surface area contributed by atoms with E-state index in [2.05, 4.69) is 4.98 Å². The van der Waals surface area contributed by atoms with Crippen molar-refractivity contribution in [3.63, 3.8) is 0 Å². The molecule has 0 spiro atoms. The maximum absolute atomic E-state index is 13.0. The number of benzene rings is 1. The number of aryl methyl sites for hydroxylation is 2. The molecule has 0 saturated carbocycles. The first-order valence-electron chi connectivity index (χ1n) is 7.24. The highest BCUT2D eigenvalue weighted by molar-refractivity contribution is 7.89. The molecule has 0 saturated heterocycles. The number of ether oxygens (including phenoxy) is 1. The highest BCUT2D eigenvalue weighted by Crippen LogP contribution is 2.32. The van der Waals surface area contributed by atoms with E-state index < -0.39 is 10.0 Å². The van der Waals surface area contributed by atoms with Gasteiger partial charge in [0.2, 0.25) is 10.0 Å². The number of aromatic nitrogens is 1. The van der Waals surface area contributed by atoms with E-state index in [0.717, 1.165) is 22.4 Å². The van der Waals surface area contributed by atoms with Crippen molar-refractivity contribution in [2.24, 2.45) is 0 Å². The number of sulfonamides is 1. The quantitative estimate of drug-likeness (QED) is 0.944. The van der Waals surface area contributed by atoms with Crippen molar-refractivity contribution in [2.75, 3.05) is 13.7 Å². The molecule has 3 rings (SSSR count). The van der Waals surface area contributed by atoms with Crippen molar-refractivity contribution in [3.8, 4) is 5.75 Å². The van der Waals surface area contributed by atoms with Gasteiger partial charge in [-0.1, -0.05) is 0 Å². The number of hydrogen-bond donors (Lipinski definition) is 1. The van der Waals surface area contributed by atoms with Crippen molar-refractivity contribution in [1.82, 2.24) is 9.29 Å². The molecular weight excluding hydrogens is 300 g/mol. The Bertz CT molecular complexity index is 809. The summed E-state index contributed by atoms with van der Waals surface area (Å²) in [6, 6.07) is 5.43. The first-order valence-corrected chi connectivity index (χ1v) is 8.68. The van der Waals surface area contributed by atoms with Crippen LogP contribution >= 0.6 is 0 Å². The maximum atomic E-state index is 13.0. The van der Waals surface area contributed by atoms with E-state index in [1.807, 2.05) is 26.1 Å². The second-order valence-electron chi connectivity index (χ2n) is 5.66.